The van der Waals surface area contributed by atoms with E-state index in [1.165, 1.54) is 5.56 Å². The molecule has 2 heterocycles. The van der Waals surface area contributed by atoms with E-state index in [0.717, 1.165) is 15.6 Å². The van der Waals surface area contributed by atoms with Gasteiger partial charge in [0.2, 0.25) is 5.76 Å². The molecule has 1 aliphatic heterocycles. The highest BCUT2D eigenvalue weighted by Crippen LogP contribution is 2.38. The summed E-state index contributed by atoms with van der Waals surface area (Å²) in [4.78, 5) is 28.9. The van der Waals surface area contributed by atoms with Crippen LogP contribution in [0.5, 0.6) is 0 Å². The smallest absolute Gasteiger partial charge is 0.290 e. The van der Waals surface area contributed by atoms with Gasteiger partial charge >= 0.3 is 0 Å². The minimum absolute atomic E-state index is 0.152. The number of hydrogen-bond donors (Lipinski definition) is 0. The summed E-state index contributed by atoms with van der Waals surface area (Å²) in [7, 11) is 0. The largest absolute Gasteiger partial charge is 0.450 e. The fraction of sp³-hybridized carbons (Fsp3) is 0.214. The summed E-state index contributed by atoms with van der Waals surface area (Å²) in [6, 6.07) is 23.1. The third kappa shape index (κ3) is 3.91. The molecule has 33 heavy (non-hydrogen) atoms. The van der Waals surface area contributed by atoms with Crippen molar-refractivity contribution in [1.82, 2.24) is 4.90 Å². The normalized spacial score (nSPS) is 15.5. The number of fused-ring (bicyclic) bond motifs is 2. The van der Waals surface area contributed by atoms with Crippen LogP contribution in [0.1, 0.15) is 58.6 Å². The summed E-state index contributed by atoms with van der Waals surface area (Å²) in [5.41, 5.74) is 3.98. The number of carbonyl (C=O) groups is 1. The first-order valence-electron chi connectivity index (χ1n) is 11.1. The fourth-order valence-electron chi connectivity index (χ4n) is 4.53. The van der Waals surface area contributed by atoms with Crippen LogP contribution in [0.2, 0.25) is 0 Å². The summed E-state index contributed by atoms with van der Waals surface area (Å²) < 4.78 is 6.83. The van der Waals surface area contributed by atoms with Gasteiger partial charge in [-0.15, -0.1) is 0 Å². The van der Waals surface area contributed by atoms with Crippen molar-refractivity contribution in [3.8, 4) is 0 Å². The van der Waals surface area contributed by atoms with Crippen LogP contribution in [0.3, 0.4) is 0 Å². The number of hydrogen-bond acceptors (Lipinski definition) is 3. The lowest BCUT2D eigenvalue weighted by atomic mass is 9.95. The van der Waals surface area contributed by atoms with Gasteiger partial charge in [-0.3, -0.25) is 9.59 Å². The zero-order chi connectivity index (χ0) is 23.1. The molecule has 0 bridgehead atoms. The van der Waals surface area contributed by atoms with E-state index in [1.54, 1.807) is 17.0 Å². The van der Waals surface area contributed by atoms with E-state index in [1.807, 2.05) is 36.4 Å². The average molecular weight is 502 g/mol. The molecule has 1 atom stereocenters. The number of benzene rings is 3. The van der Waals surface area contributed by atoms with Crippen LogP contribution in [-0.4, -0.2) is 17.4 Å². The molecule has 4 nitrogen and oxygen atoms in total. The Kier molecular flexibility index (Phi) is 5.67. The van der Waals surface area contributed by atoms with Gasteiger partial charge in [0.25, 0.3) is 5.91 Å². The lowest BCUT2D eigenvalue weighted by molar-refractivity contribution is 0.0730. The van der Waals surface area contributed by atoms with Crippen molar-refractivity contribution in [1.29, 1.82) is 0 Å². The topological polar surface area (TPSA) is 50.5 Å². The highest BCUT2D eigenvalue weighted by Gasteiger charge is 2.42. The molecule has 0 radical (unpaired) electrons. The number of carbonyl (C=O) groups excluding carboxylic acids is 1. The molecule has 0 saturated carbocycles. The quantitative estimate of drug-likeness (QED) is 0.315. The Bertz CT molecular complexity index is 1390. The lowest BCUT2D eigenvalue weighted by Gasteiger charge is -2.25. The molecule has 0 fully saturated rings. The standard InChI is InChI=1S/C28H24BrNO3/c1-17(2)19-8-10-20(11-9-19)25-24-26(31)22-16-21(29)12-13-23(22)33-27(24)28(32)30(25)15-14-18-6-4-3-5-7-18/h3-13,16-17,25H,14-15H2,1-2H3. The summed E-state index contributed by atoms with van der Waals surface area (Å²) in [5.74, 6) is 0.318. The van der Waals surface area contributed by atoms with E-state index in [4.69, 9.17) is 4.42 Å². The third-order valence-corrected chi connectivity index (χ3v) is 6.82. The molecule has 1 aliphatic rings. The molecule has 166 valence electrons. The van der Waals surface area contributed by atoms with E-state index < -0.39 is 6.04 Å². The van der Waals surface area contributed by atoms with Crippen LogP contribution in [0.15, 0.2) is 86.5 Å². The molecule has 1 unspecified atom stereocenters. The Morgan fingerprint density at radius 3 is 2.39 bits per heavy atom. The van der Waals surface area contributed by atoms with Crippen molar-refractivity contribution in [2.75, 3.05) is 6.54 Å². The maximum atomic E-state index is 13.6. The van der Waals surface area contributed by atoms with Crippen LogP contribution < -0.4 is 5.43 Å². The van der Waals surface area contributed by atoms with Gasteiger partial charge in [0.05, 0.1) is 17.0 Å². The zero-order valence-corrected chi connectivity index (χ0v) is 20.1. The van der Waals surface area contributed by atoms with Crippen molar-refractivity contribution >= 4 is 32.8 Å². The van der Waals surface area contributed by atoms with E-state index in [0.29, 0.717) is 35.4 Å². The molecule has 3 aromatic carbocycles. The molecule has 4 aromatic rings. The van der Waals surface area contributed by atoms with Crippen LogP contribution in [0.4, 0.5) is 0 Å². The summed E-state index contributed by atoms with van der Waals surface area (Å²) in [6.07, 6.45) is 0.695. The van der Waals surface area contributed by atoms with Crippen LogP contribution in [0, 0.1) is 0 Å². The fourth-order valence-corrected chi connectivity index (χ4v) is 4.89. The van der Waals surface area contributed by atoms with Crippen LogP contribution in [0.25, 0.3) is 11.0 Å². The Morgan fingerprint density at radius 1 is 0.970 bits per heavy atom. The van der Waals surface area contributed by atoms with Crippen molar-refractivity contribution in [3.05, 3.63) is 116 Å². The Balaban J connectivity index is 1.64. The number of halogens is 1. The van der Waals surface area contributed by atoms with Crippen LogP contribution >= 0.6 is 15.9 Å². The number of nitrogens with zero attached hydrogens (tertiary/aromatic N) is 1. The molecule has 0 saturated heterocycles. The van der Waals surface area contributed by atoms with Crippen LogP contribution in [-0.2, 0) is 6.42 Å². The highest BCUT2D eigenvalue weighted by atomic mass is 79.9. The number of rotatable bonds is 5. The molecule has 0 N–H and O–H groups in total. The molecular formula is C28H24BrNO3. The predicted octanol–water partition coefficient (Wildman–Crippen LogP) is 6.47. The molecule has 1 amide bonds. The summed E-state index contributed by atoms with van der Waals surface area (Å²) >= 11 is 3.45. The monoisotopic (exact) mass is 501 g/mol. The van der Waals surface area contributed by atoms with Gasteiger partial charge < -0.3 is 9.32 Å². The molecule has 0 spiro atoms. The average Bonchev–Trinajstić information content (AvgIpc) is 3.10. The third-order valence-electron chi connectivity index (χ3n) is 6.33. The first kappa shape index (κ1) is 21.7. The van der Waals surface area contributed by atoms with E-state index in [9.17, 15) is 9.59 Å². The zero-order valence-electron chi connectivity index (χ0n) is 18.5. The van der Waals surface area contributed by atoms with E-state index >= 15 is 0 Å². The van der Waals surface area contributed by atoms with Gasteiger partial charge in [-0.05, 0) is 47.2 Å². The van der Waals surface area contributed by atoms with Crippen molar-refractivity contribution in [3.63, 3.8) is 0 Å². The maximum absolute atomic E-state index is 13.6. The van der Waals surface area contributed by atoms with Gasteiger partial charge in [-0.1, -0.05) is 84.4 Å². The van der Waals surface area contributed by atoms with E-state index in [2.05, 4.69) is 54.0 Å². The molecule has 5 heteroatoms. The predicted molar refractivity (Wildman–Crippen MR) is 134 cm³/mol. The second kappa shape index (κ2) is 8.64. The minimum atomic E-state index is -0.475. The van der Waals surface area contributed by atoms with Gasteiger partial charge in [0.15, 0.2) is 5.43 Å². The molecule has 1 aromatic heterocycles. The van der Waals surface area contributed by atoms with Crippen molar-refractivity contribution in [2.45, 2.75) is 32.2 Å². The Morgan fingerprint density at radius 2 is 1.70 bits per heavy atom. The Hall–Kier alpha value is -3.18. The molecule has 0 aliphatic carbocycles. The van der Waals surface area contributed by atoms with Gasteiger partial charge in [-0.2, -0.15) is 0 Å². The summed E-state index contributed by atoms with van der Waals surface area (Å²) in [5, 5.41) is 0.477. The van der Waals surface area contributed by atoms with Crippen molar-refractivity contribution in [2.24, 2.45) is 0 Å². The number of amides is 1. The SMILES string of the molecule is CC(C)c1ccc(C2c3c(oc4ccc(Br)cc4c3=O)C(=O)N2CCc2ccccc2)cc1. The maximum Gasteiger partial charge on any atom is 0.290 e. The second-order valence-corrected chi connectivity index (χ2v) is 9.69. The lowest BCUT2D eigenvalue weighted by Crippen LogP contribution is -2.31. The molecule has 5 rings (SSSR count). The van der Waals surface area contributed by atoms with Crippen molar-refractivity contribution < 1.29 is 9.21 Å². The van der Waals surface area contributed by atoms with Gasteiger partial charge in [0.1, 0.15) is 5.58 Å². The second-order valence-electron chi connectivity index (χ2n) is 8.77. The first-order valence-corrected chi connectivity index (χ1v) is 11.9. The first-order chi connectivity index (χ1) is 15.9. The summed E-state index contributed by atoms with van der Waals surface area (Å²) in [6.45, 7) is 4.78. The van der Waals surface area contributed by atoms with Gasteiger partial charge in [-0.25, -0.2) is 0 Å². The van der Waals surface area contributed by atoms with Gasteiger partial charge in [0, 0.05) is 11.0 Å². The minimum Gasteiger partial charge on any atom is -0.450 e. The Labute approximate surface area is 201 Å². The molecular weight excluding hydrogens is 478 g/mol. The highest BCUT2D eigenvalue weighted by molar-refractivity contribution is 9.10. The van der Waals surface area contributed by atoms with E-state index in [-0.39, 0.29) is 17.1 Å².